The zero-order chi connectivity index (χ0) is 16.7. The van der Waals surface area contributed by atoms with Crippen LogP contribution < -0.4 is 16.4 Å². The van der Waals surface area contributed by atoms with E-state index in [9.17, 15) is 9.59 Å². The molecule has 1 aliphatic heterocycles. The number of nitrogens with two attached hydrogens (primary N) is 1. The highest BCUT2D eigenvalue weighted by atomic mass is 32.1. The number of carbonyl (C=O) groups is 2. The number of nitrogens with zero attached hydrogens (tertiary/aromatic N) is 3. The number of rotatable bonds is 7. The number of amides is 3. The van der Waals surface area contributed by atoms with Crippen LogP contribution in [0.15, 0.2) is 0 Å². The molecular formula is C14H24N6O2S. The molecular weight excluding hydrogens is 316 g/mol. The summed E-state index contributed by atoms with van der Waals surface area (Å²) in [7, 11) is 0. The molecule has 0 aliphatic carbocycles. The molecule has 0 aromatic carbocycles. The lowest BCUT2D eigenvalue weighted by Gasteiger charge is -2.30. The van der Waals surface area contributed by atoms with Crippen molar-refractivity contribution in [3.8, 4) is 0 Å². The Morgan fingerprint density at radius 1 is 1.30 bits per heavy atom. The second-order valence-electron chi connectivity index (χ2n) is 5.73. The van der Waals surface area contributed by atoms with Crippen LogP contribution in [0.3, 0.4) is 0 Å². The summed E-state index contributed by atoms with van der Waals surface area (Å²) in [6, 6.07) is -0.247. The summed E-state index contributed by atoms with van der Waals surface area (Å²) in [4.78, 5) is 25.1. The number of aryl methyl sites for hydroxylation is 1. The lowest BCUT2D eigenvalue weighted by atomic mass is 9.96. The normalized spacial score (nSPS) is 16.2. The van der Waals surface area contributed by atoms with Gasteiger partial charge in [-0.25, -0.2) is 4.79 Å². The van der Waals surface area contributed by atoms with E-state index in [1.807, 2.05) is 6.92 Å². The number of hydrogen-bond donors (Lipinski definition) is 3. The predicted octanol–water partition coefficient (Wildman–Crippen LogP) is 0.946. The Morgan fingerprint density at radius 3 is 2.65 bits per heavy atom. The number of hydrogen-bond acceptors (Lipinski definition) is 6. The molecule has 0 atom stereocenters. The van der Waals surface area contributed by atoms with Crippen LogP contribution in [0.4, 0.5) is 9.93 Å². The van der Waals surface area contributed by atoms with Crippen LogP contribution in [0.2, 0.25) is 0 Å². The van der Waals surface area contributed by atoms with E-state index in [1.165, 1.54) is 11.3 Å². The Morgan fingerprint density at radius 2 is 2.04 bits per heavy atom. The highest BCUT2D eigenvalue weighted by Crippen LogP contribution is 2.16. The molecule has 128 valence electrons. The van der Waals surface area contributed by atoms with Crippen molar-refractivity contribution in [1.29, 1.82) is 0 Å². The fraction of sp³-hybridized carbons (Fsp3) is 0.714. The maximum absolute atomic E-state index is 11.6. The van der Waals surface area contributed by atoms with E-state index in [4.69, 9.17) is 5.73 Å². The van der Waals surface area contributed by atoms with E-state index in [0.29, 0.717) is 11.7 Å². The molecule has 0 unspecified atom stereocenters. The van der Waals surface area contributed by atoms with Gasteiger partial charge >= 0.3 is 6.03 Å². The number of nitrogens with one attached hydrogen (secondary N) is 2. The number of likely N-dealkylation sites (tertiary alicyclic amines) is 1. The third-order valence-electron chi connectivity index (χ3n) is 3.92. The average Bonchev–Trinajstić information content (AvgIpc) is 2.92. The summed E-state index contributed by atoms with van der Waals surface area (Å²) in [5.41, 5.74) is 5.33. The number of aromatic nitrogens is 2. The summed E-state index contributed by atoms with van der Waals surface area (Å²) < 4.78 is 0. The number of anilines is 1. The van der Waals surface area contributed by atoms with Crippen LogP contribution in [0, 0.1) is 12.8 Å². The van der Waals surface area contributed by atoms with Crippen LogP contribution in [-0.2, 0) is 4.79 Å². The molecule has 1 aliphatic rings. The molecule has 1 aromatic rings. The van der Waals surface area contributed by atoms with Crippen molar-refractivity contribution in [2.75, 3.05) is 31.5 Å². The minimum Gasteiger partial charge on any atom is -0.369 e. The average molecular weight is 340 g/mol. The topological polar surface area (TPSA) is 113 Å². The van der Waals surface area contributed by atoms with Gasteiger partial charge in [0, 0.05) is 12.5 Å². The smallest absolute Gasteiger partial charge is 0.321 e. The monoisotopic (exact) mass is 340 g/mol. The highest BCUT2D eigenvalue weighted by Gasteiger charge is 2.22. The molecule has 1 saturated heterocycles. The molecule has 1 fully saturated rings. The van der Waals surface area contributed by atoms with Crippen LogP contribution in [0.5, 0.6) is 0 Å². The van der Waals surface area contributed by atoms with Gasteiger partial charge in [0.15, 0.2) is 0 Å². The van der Waals surface area contributed by atoms with Crippen molar-refractivity contribution >= 4 is 28.4 Å². The molecule has 3 amide bonds. The fourth-order valence-electron chi connectivity index (χ4n) is 2.59. The van der Waals surface area contributed by atoms with Crippen molar-refractivity contribution in [3.05, 3.63) is 5.01 Å². The molecule has 0 saturated carbocycles. The van der Waals surface area contributed by atoms with E-state index in [0.717, 1.165) is 50.3 Å². The first-order chi connectivity index (χ1) is 11.0. The number of piperidine rings is 1. The van der Waals surface area contributed by atoms with Crippen molar-refractivity contribution in [1.82, 2.24) is 20.4 Å². The molecule has 1 aromatic heterocycles. The van der Waals surface area contributed by atoms with E-state index in [2.05, 4.69) is 25.7 Å². The van der Waals surface area contributed by atoms with E-state index in [-0.39, 0.29) is 17.9 Å². The molecule has 8 nitrogen and oxygen atoms in total. The van der Waals surface area contributed by atoms with E-state index < -0.39 is 0 Å². The van der Waals surface area contributed by atoms with Gasteiger partial charge in [-0.2, -0.15) is 0 Å². The second-order valence-corrected chi connectivity index (χ2v) is 6.91. The van der Waals surface area contributed by atoms with Crippen molar-refractivity contribution in [3.63, 3.8) is 0 Å². The molecule has 0 spiro atoms. The molecule has 0 radical (unpaired) electrons. The summed E-state index contributed by atoms with van der Waals surface area (Å²) in [6.45, 7) is 5.31. The maximum Gasteiger partial charge on any atom is 0.321 e. The van der Waals surface area contributed by atoms with Gasteiger partial charge in [0.05, 0.1) is 0 Å². The first kappa shape index (κ1) is 17.6. The molecule has 2 heterocycles. The first-order valence-electron chi connectivity index (χ1n) is 7.91. The Bertz CT molecular complexity index is 527. The zero-order valence-corrected chi connectivity index (χ0v) is 14.2. The molecule has 9 heteroatoms. The molecule has 2 rings (SSSR count). The van der Waals surface area contributed by atoms with Gasteiger partial charge in [0.2, 0.25) is 11.0 Å². The summed E-state index contributed by atoms with van der Waals surface area (Å²) >= 11 is 1.35. The van der Waals surface area contributed by atoms with Gasteiger partial charge in [-0.15, -0.1) is 10.2 Å². The SMILES string of the molecule is Cc1nnc(NC(=O)NCCCCN2CCC(C(N)=O)CC2)s1. The zero-order valence-electron chi connectivity index (χ0n) is 13.4. The largest absolute Gasteiger partial charge is 0.369 e. The summed E-state index contributed by atoms with van der Waals surface area (Å²) in [5, 5.41) is 14.5. The number of urea groups is 1. The molecule has 23 heavy (non-hydrogen) atoms. The third-order valence-corrected chi connectivity index (χ3v) is 4.68. The fourth-order valence-corrected chi connectivity index (χ4v) is 3.18. The van der Waals surface area contributed by atoms with Crippen LogP contribution in [0.25, 0.3) is 0 Å². The molecule has 0 bridgehead atoms. The Labute approximate surface area is 139 Å². The van der Waals surface area contributed by atoms with Crippen LogP contribution >= 0.6 is 11.3 Å². The van der Waals surface area contributed by atoms with E-state index in [1.54, 1.807) is 0 Å². The van der Waals surface area contributed by atoms with Gasteiger partial charge in [0.25, 0.3) is 0 Å². The third kappa shape index (κ3) is 6.11. The van der Waals surface area contributed by atoms with Crippen molar-refractivity contribution < 1.29 is 9.59 Å². The quantitative estimate of drug-likeness (QED) is 0.640. The molecule has 4 N–H and O–H groups in total. The lowest BCUT2D eigenvalue weighted by molar-refractivity contribution is -0.123. The Balaban J connectivity index is 1.51. The maximum atomic E-state index is 11.6. The van der Waals surface area contributed by atoms with Crippen LogP contribution in [-0.4, -0.2) is 53.2 Å². The Hall–Kier alpha value is -1.74. The summed E-state index contributed by atoms with van der Waals surface area (Å²) in [5.74, 6) is -0.133. The summed E-state index contributed by atoms with van der Waals surface area (Å²) in [6.07, 6.45) is 3.65. The number of unbranched alkanes of at least 4 members (excludes halogenated alkanes) is 1. The predicted molar refractivity (Wildman–Crippen MR) is 89.3 cm³/mol. The highest BCUT2D eigenvalue weighted by molar-refractivity contribution is 7.15. The van der Waals surface area contributed by atoms with Gasteiger partial charge in [-0.1, -0.05) is 11.3 Å². The number of primary amides is 1. The van der Waals surface area contributed by atoms with Gasteiger partial charge in [-0.3, -0.25) is 10.1 Å². The second kappa shape index (κ2) is 8.78. The van der Waals surface area contributed by atoms with Gasteiger partial charge in [-0.05, 0) is 52.2 Å². The van der Waals surface area contributed by atoms with Crippen molar-refractivity contribution in [2.45, 2.75) is 32.6 Å². The minimum atomic E-state index is -0.247. The van der Waals surface area contributed by atoms with Crippen LogP contribution in [0.1, 0.15) is 30.7 Å². The number of carbonyl (C=O) groups excluding carboxylic acids is 2. The lowest BCUT2D eigenvalue weighted by Crippen LogP contribution is -2.39. The first-order valence-corrected chi connectivity index (χ1v) is 8.73. The van der Waals surface area contributed by atoms with Gasteiger partial charge < -0.3 is 16.0 Å². The van der Waals surface area contributed by atoms with E-state index >= 15 is 0 Å². The van der Waals surface area contributed by atoms with Crippen molar-refractivity contribution in [2.24, 2.45) is 11.7 Å². The standard InChI is InChI=1S/C14H24N6O2S/c1-10-18-19-14(23-10)17-13(22)16-6-2-3-7-20-8-4-11(5-9-20)12(15)21/h11H,2-9H2,1H3,(H2,15,21)(H2,16,17,19,22). The van der Waals surface area contributed by atoms with Gasteiger partial charge in [0.1, 0.15) is 5.01 Å². The minimum absolute atomic E-state index is 0.0422. The Kier molecular flexibility index (Phi) is 6.72.